The van der Waals surface area contributed by atoms with E-state index in [-0.39, 0.29) is 65.4 Å². The number of phenols is 2. The van der Waals surface area contributed by atoms with Crippen molar-refractivity contribution in [3.05, 3.63) is 51.6 Å². The molecule has 14 nitrogen and oxygen atoms in total. The molecule has 0 unspecified atom stereocenters. The summed E-state index contributed by atoms with van der Waals surface area (Å²) in [4.78, 5) is 27.9. The molecule has 0 bridgehead atoms. The van der Waals surface area contributed by atoms with Crippen LogP contribution < -0.4 is 10.5 Å². The summed E-state index contributed by atoms with van der Waals surface area (Å²) >= 11 is 0. The van der Waals surface area contributed by atoms with E-state index < -0.39 is 81.5 Å². The molecule has 0 saturated carbocycles. The zero-order chi connectivity index (χ0) is 36.7. The van der Waals surface area contributed by atoms with E-state index in [0.29, 0.717) is 18.6 Å². The number of phenolic OH excluding ortho intramolecular Hbond substituents is 2. The van der Waals surface area contributed by atoms with E-state index in [1.807, 2.05) is 27.7 Å². The van der Waals surface area contributed by atoms with Crippen LogP contribution in [0.3, 0.4) is 0 Å². The highest BCUT2D eigenvalue weighted by Crippen LogP contribution is 2.52. The molecular formula is C36H47ClN4O10. The van der Waals surface area contributed by atoms with Gasteiger partial charge in [0.25, 0.3) is 0 Å². The Balaban J connectivity index is 0.00000504. The highest BCUT2D eigenvalue weighted by Gasteiger charge is 2.49. The molecule has 2 saturated heterocycles. The summed E-state index contributed by atoms with van der Waals surface area (Å²) in [6.45, 7) is 10.8. The number of carbonyl (C=O) groups excluding carboxylic acids is 2. The summed E-state index contributed by atoms with van der Waals surface area (Å²) in [5.41, 5.74) is 3.18. The second-order valence-corrected chi connectivity index (χ2v) is 15.2. The minimum atomic E-state index is -1.81. The van der Waals surface area contributed by atoms with E-state index in [0.717, 1.165) is 0 Å². The number of piperidine rings is 1. The molecule has 278 valence electrons. The number of hydrogen-bond donors (Lipinski definition) is 6. The van der Waals surface area contributed by atoms with E-state index in [9.17, 15) is 35.2 Å². The Hall–Kier alpha value is -3.47. The SMILES string of the molecule is COc1cccc2c1C(=O)c1c(O)c3c(c(O)c1C2=O)C[C@@](O)(/C(C)=N\N=C1CC(C)(C)N(O)C(C)(C)C1)C[C@@H]3O[C@H]1C[C@H](N)[C@H](O)[C@H](C)O1.Cl. The Morgan fingerprint density at radius 3 is 2.25 bits per heavy atom. The highest BCUT2D eigenvalue weighted by atomic mass is 35.5. The van der Waals surface area contributed by atoms with Gasteiger partial charge in [-0.1, -0.05) is 12.1 Å². The normalized spacial score (nSPS) is 30.1. The molecule has 6 rings (SSSR count). The molecule has 0 aromatic heterocycles. The Labute approximate surface area is 302 Å². The summed E-state index contributed by atoms with van der Waals surface area (Å²) in [6, 6.07) is 3.82. The maximum Gasteiger partial charge on any atom is 0.202 e. The molecular weight excluding hydrogens is 684 g/mol. The number of nitrogens with zero attached hydrogens (tertiary/aromatic N) is 3. The molecule has 7 N–H and O–H groups in total. The molecule has 2 aromatic carbocycles. The summed E-state index contributed by atoms with van der Waals surface area (Å²) in [5, 5.41) is 67.3. The number of nitrogens with two attached hydrogens (primary N) is 1. The third-order valence-corrected chi connectivity index (χ3v) is 10.6. The number of aliphatic hydroxyl groups is 2. The summed E-state index contributed by atoms with van der Waals surface area (Å²) < 4.78 is 17.6. The number of aliphatic hydroxyl groups excluding tert-OH is 1. The number of methoxy groups -OCH3 is 1. The first-order valence-corrected chi connectivity index (χ1v) is 16.7. The van der Waals surface area contributed by atoms with Gasteiger partial charge in [-0.05, 0) is 47.6 Å². The van der Waals surface area contributed by atoms with E-state index in [2.05, 4.69) is 10.2 Å². The second kappa shape index (κ2) is 13.5. The van der Waals surface area contributed by atoms with Crippen LogP contribution in [-0.2, 0) is 15.9 Å². The summed E-state index contributed by atoms with van der Waals surface area (Å²) in [5.74, 6) is -2.43. The molecule has 2 aromatic rings. The first-order valence-electron chi connectivity index (χ1n) is 16.7. The van der Waals surface area contributed by atoms with Gasteiger partial charge in [0.1, 0.15) is 22.8 Å². The van der Waals surface area contributed by atoms with Crippen LogP contribution in [0.4, 0.5) is 0 Å². The van der Waals surface area contributed by atoms with E-state index in [4.69, 9.17) is 19.9 Å². The number of fused-ring (bicyclic) bond motifs is 3. The first-order chi connectivity index (χ1) is 23.3. The third-order valence-electron chi connectivity index (χ3n) is 10.6. The predicted octanol–water partition coefficient (Wildman–Crippen LogP) is 3.72. The molecule has 0 spiro atoms. The summed E-state index contributed by atoms with van der Waals surface area (Å²) in [6.07, 6.45) is -3.44. The van der Waals surface area contributed by atoms with Crippen molar-refractivity contribution >= 4 is 35.4 Å². The van der Waals surface area contributed by atoms with Crippen molar-refractivity contribution in [3.63, 3.8) is 0 Å². The van der Waals surface area contributed by atoms with Gasteiger partial charge in [-0.3, -0.25) is 9.59 Å². The van der Waals surface area contributed by atoms with Gasteiger partial charge >= 0.3 is 0 Å². The fourth-order valence-corrected chi connectivity index (χ4v) is 8.01. The van der Waals surface area contributed by atoms with Crippen LogP contribution in [0.5, 0.6) is 17.2 Å². The Kier molecular flexibility index (Phi) is 10.3. The predicted molar refractivity (Wildman–Crippen MR) is 188 cm³/mol. The molecule has 51 heavy (non-hydrogen) atoms. The fourth-order valence-electron chi connectivity index (χ4n) is 8.01. The van der Waals surface area contributed by atoms with Gasteiger partial charge in [0.15, 0.2) is 12.1 Å². The molecule has 2 heterocycles. The van der Waals surface area contributed by atoms with E-state index in [1.165, 1.54) is 24.3 Å². The van der Waals surface area contributed by atoms with Crippen LogP contribution in [0.1, 0.15) is 116 Å². The molecule has 15 heteroatoms. The standard InChI is InChI=1S/C36H46N4O10.ClH/c1-16-29(41)21(37)11-24(49-16)50-23-15-36(46,17(2)38-39-18-12-34(3,4)40(47)35(5,6)13-18)14-20-26(23)33(45)28-27(31(20)43)30(42)19-9-8-10-22(48-7)25(19)32(28)44;/h8-10,16,21,23-24,29,41,43,45-47H,11-15,37H2,1-7H3;1H/b38-17-;/t16-,21-,23-,24-,29+,36-;/m0./s1. The van der Waals surface area contributed by atoms with Crippen LogP contribution in [0.25, 0.3) is 0 Å². The number of benzene rings is 2. The highest BCUT2D eigenvalue weighted by molar-refractivity contribution is 6.31. The number of carbonyl (C=O) groups is 2. The van der Waals surface area contributed by atoms with Crippen molar-refractivity contribution in [2.45, 2.75) is 121 Å². The Bertz CT molecular complexity index is 1800. The number of halogens is 1. The largest absolute Gasteiger partial charge is 0.507 e. The minimum absolute atomic E-state index is 0. The lowest BCUT2D eigenvalue weighted by atomic mass is 9.71. The molecule has 4 aliphatic rings. The fraction of sp³-hybridized carbons (Fsp3) is 0.556. The monoisotopic (exact) mass is 730 g/mol. The van der Waals surface area contributed by atoms with Crippen molar-refractivity contribution in [1.29, 1.82) is 0 Å². The van der Waals surface area contributed by atoms with Crippen molar-refractivity contribution in [1.82, 2.24) is 5.06 Å². The first kappa shape index (κ1) is 38.8. The topological polar surface area (TPSA) is 217 Å². The van der Waals surface area contributed by atoms with Crippen LogP contribution in [-0.4, -0.2) is 102 Å². The van der Waals surface area contributed by atoms with Gasteiger partial charge < -0.3 is 45.6 Å². The van der Waals surface area contributed by atoms with Gasteiger partial charge in [0.05, 0.1) is 47.8 Å². The van der Waals surface area contributed by atoms with Gasteiger partial charge in [-0.25, -0.2) is 0 Å². The number of ketones is 2. The maximum atomic E-state index is 14.0. The van der Waals surface area contributed by atoms with Gasteiger partial charge in [0.2, 0.25) is 5.78 Å². The van der Waals surface area contributed by atoms with Crippen molar-refractivity contribution in [2.24, 2.45) is 15.9 Å². The maximum absolute atomic E-state index is 14.0. The average Bonchev–Trinajstić information content (AvgIpc) is 3.04. The zero-order valence-corrected chi connectivity index (χ0v) is 30.6. The van der Waals surface area contributed by atoms with E-state index in [1.54, 1.807) is 19.9 Å². The molecule has 2 aliphatic carbocycles. The molecule has 0 amide bonds. The summed E-state index contributed by atoms with van der Waals surface area (Å²) in [7, 11) is 1.36. The minimum Gasteiger partial charge on any atom is -0.507 e. The van der Waals surface area contributed by atoms with Crippen LogP contribution in [0.15, 0.2) is 28.4 Å². The molecule has 0 radical (unpaired) electrons. The van der Waals surface area contributed by atoms with Crippen LogP contribution >= 0.6 is 12.4 Å². The molecule has 6 atom stereocenters. The average molecular weight is 731 g/mol. The van der Waals surface area contributed by atoms with Crippen molar-refractivity contribution in [3.8, 4) is 17.2 Å². The van der Waals surface area contributed by atoms with Gasteiger partial charge in [-0.15, -0.1) is 12.4 Å². The molecule has 2 fully saturated rings. The van der Waals surface area contributed by atoms with Gasteiger partial charge in [0, 0.05) is 71.6 Å². The van der Waals surface area contributed by atoms with Crippen molar-refractivity contribution < 1.29 is 49.4 Å². The number of rotatable bonds is 5. The number of aromatic hydroxyl groups is 2. The second-order valence-electron chi connectivity index (χ2n) is 15.2. The lowest BCUT2D eigenvalue weighted by Gasteiger charge is -2.48. The lowest BCUT2D eigenvalue weighted by Crippen LogP contribution is -2.59. The zero-order valence-electron chi connectivity index (χ0n) is 29.8. The van der Waals surface area contributed by atoms with Crippen LogP contribution in [0.2, 0.25) is 0 Å². The Morgan fingerprint density at radius 1 is 1.02 bits per heavy atom. The number of hydroxylamine groups is 2. The Morgan fingerprint density at radius 2 is 1.65 bits per heavy atom. The quantitative estimate of drug-likeness (QED) is 0.126. The number of hydrogen-bond acceptors (Lipinski definition) is 14. The third kappa shape index (κ3) is 6.46. The molecule has 2 aliphatic heterocycles. The smallest absolute Gasteiger partial charge is 0.202 e. The van der Waals surface area contributed by atoms with Gasteiger partial charge in [-0.2, -0.15) is 15.3 Å². The van der Waals surface area contributed by atoms with Crippen LogP contribution in [0, 0.1) is 0 Å². The lowest BCUT2D eigenvalue weighted by molar-refractivity contribution is -0.245. The number of ether oxygens (including phenoxy) is 3. The van der Waals surface area contributed by atoms with E-state index >= 15 is 0 Å². The van der Waals surface area contributed by atoms with Crippen molar-refractivity contribution in [2.75, 3.05) is 7.11 Å².